The number of nitrogen functional groups attached to an aromatic ring is 1. The van der Waals surface area contributed by atoms with Crippen LogP contribution in [0, 0.1) is 6.92 Å². The summed E-state index contributed by atoms with van der Waals surface area (Å²) in [5.41, 5.74) is 9.84. The quantitative estimate of drug-likeness (QED) is 0.695. The number of nitrogens with two attached hydrogens (primary N) is 1. The Morgan fingerprint density at radius 2 is 1.78 bits per heavy atom. The predicted octanol–water partition coefficient (Wildman–Crippen LogP) is 3.79. The lowest BCUT2D eigenvalue weighted by Gasteiger charge is -2.09. The normalized spacial score (nSPS) is 10.7. The molecule has 0 fully saturated rings. The molecule has 0 atom stereocenters. The largest absolute Gasteiger partial charge is 0.397 e. The summed E-state index contributed by atoms with van der Waals surface area (Å²) in [6, 6.07) is 16.4. The molecule has 0 amide bonds. The molecule has 2 aromatic carbocycles. The van der Waals surface area contributed by atoms with E-state index in [4.69, 9.17) is 5.73 Å². The van der Waals surface area contributed by atoms with E-state index in [-0.39, 0.29) is 0 Å². The zero-order valence-corrected chi connectivity index (χ0v) is 10.2. The van der Waals surface area contributed by atoms with Crippen LogP contribution in [-0.4, -0.2) is 4.98 Å². The average Bonchev–Trinajstić information content (AvgIpc) is 2.38. The minimum absolute atomic E-state index is 0.728. The summed E-state index contributed by atoms with van der Waals surface area (Å²) in [6.45, 7) is 2.00. The van der Waals surface area contributed by atoms with Crippen molar-refractivity contribution in [1.29, 1.82) is 0 Å². The molecule has 0 saturated carbocycles. The second-order valence-corrected chi connectivity index (χ2v) is 4.48. The number of rotatable bonds is 1. The van der Waals surface area contributed by atoms with Crippen LogP contribution in [0.1, 0.15) is 5.56 Å². The van der Waals surface area contributed by atoms with Gasteiger partial charge in [0.15, 0.2) is 0 Å². The second kappa shape index (κ2) is 4.15. The zero-order chi connectivity index (χ0) is 12.5. The van der Waals surface area contributed by atoms with Gasteiger partial charge in [-0.05, 0) is 29.3 Å². The highest BCUT2D eigenvalue weighted by molar-refractivity contribution is 5.98. The van der Waals surface area contributed by atoms with E-state index in [0.29, 0.717) is 0 Å². The highest BCUT2D eigenvalue weighted by Gasteiger charge is 2.07. The summed E-state index contributed by atoms with van der Waals surface area (Å²) in [5.74, 6) is 0. The van der Waals surface area contributed by atoms with Crippen molar-refractivity contribution in [2.45, 2.75) is 6.92 Å². The lowest BCUT2D eigenvalue weighted by Crippen LogP contribution is -1.94. The lowest BCUT2D eigenvalue weighted by molar-refractivity contribution is 1.28. The van der Waals surface area contributed by atoms with E-state index in [1.54, 1.807) is 0 Å². The summed E-state index contributed by atoms with van der Waals surface area (Å²) in [5, 5.41) is 2.39. The molecule has 2 nitrogen and oxygen atoms in total. The van der Waals surface area contributed by atoms with Gasteiger partial charge in [0.2, 0.25) is 0 Å². The molecule has 0 bridgehead atoms. The first kappa shape index (κ1) is 10.8. The fourth-order valence-corrected chi connectivity index (χ4v) is 2.25. The van der Waals surface area contributed by atoms with Crippen molar-refractivity contribution in [3.05, 3.63) is 60.3 Å². The van der Waals surface area contributed by atoms with Crippen LogP contribution in [0.5, 0.6) is 0 Å². The maximum Gasteiger partial charge on any atom is 0.0937 e. The van der Waals surface area contributed by atoms with Crippen LogP contribution in [0.25, 0.3) is 22.0 Å². The van der Waals surface area contributed by atoms with Crippen molar-refractivity contribution in [3.63, 3.8) is 0 Å². The number of aromatic nitrogens is 1. The summed E-state index contributed by atoms with van der Waals surface area (Å²) < 4.78 is 0. The molecular formula is C16H14N2. The van der Waals surface area contributed by atoms with Gasteiger partial charge in [0, 0.05) is 11.8 Å². The van der Waals surface area contributed by atoms with E-state index in [1.807, 2.05) is 37.4 Å². The summed E-state index contributed by atoms with van der Waals surface area (Å²) in [6.07, 6.45) is 1.85. The monoisotopic (exact) mass is 234 g/mol. The molecule has 3 aromatic rings. The Hall–Kier alpha value is -2.35. The van der Waals surface area contributed by atoms with Gasteiger partial charge >= 0.3 is 0 Å². The molecule has 0 aliphatic rings. The highest BCUT2D eigenvalue weighted by atomic mass is 14.7. The third kappa shape index (κ3) is 1.72. The molecule has 0 radical (unpaired) electrons. The van der Waals surface area contributed by atoms with E-state index >= 15 is 0 Å². The van der Waals surface area contributed by atoms with Crippen molar-refractivity contribution in [2.24, 2.45) is 0 Å². The van der Waals surface area contributed by atoms with Gasteiger partial charge in [-0.15, -0.1) is 0 Å². The van der Waals surface area contributed by atoms with Gasteiger partial charge in [0.1, 0.15) is 0 Å². The maximum absolute atomic E-state index is 6.08. The molecule has 18 heavy (non-hydrogen) atoms. The molecule has 2 N–H and O–H groups in total. The van der Waals surface area contributed by atoms with Gasteiger partial charge in [-0.2, -0.15) is 0 Å². The Bertz CT molecular complexity index is 712. The third-order valence-electron chi connectivity index (χ3n) is 3.10. The van der Waals surface area contributed by atoms with E-state index < -0.39 is 0 Å². The van der Waals surface area contributed by atoms with Crippen LogP contribution in [0.4, 0.5) is 5.69 Å². The van der Waals surface area contributed by atoms with Gasteiger partial charge in [0.25, 0.3) is 0 Å². The molecule has 0 spiro atoms. The van der Waals surface area contributed by atoms with Crippen LogP contribution in [-0.2, 0) is 0 Å². The average molecular weight is 234 g/mol. The molecule has 3 rings (SSSR count). The number of nitrogens with zero attached hydrogens (tertiary/aromatic N) is 1. The van der Waals surface area contributed by atoms with Crippen LogP contribution in [0.3, 0.4) is 0 Å². The molecule has 2 heteroatoms. The van der Waals surface area contributed by atoms with Crippen molar-refractivity contribution in [1.82, 2.24) is 4.98 Å². The first-order valence-corrected chi connectivity index (χ1v) is 5.96. The van der Waals surface area contributed by atoms with Gasteiger partial charge < -0.3 is 5.73 Å². The van der Waals surface area contributed by atoms with Crippen LogP contribution in [0.2, 0.25) is 0 Å². The number of hydrogen-bond donors (Lipinski definition) is 1. The van der Waals surface area contributed by atoms with E-state index in [0.717, 1.165) is 22.5 Å². The Balaban J connectivity index is 2.31. The lowest BCUT2D eigenvalue weighted by atomic mass is 10.0. The third-order valence-corrected chi connectivity index (χ3v) is 3.10. The van der Waals surface area contributed by atoms with Gasteiger partial charge in [-0.1, -0.05) is 42.5 Å². The Labute approximate surface area is 106 Å². The molecule has 88 valence electrons. The van der Waals surface area contributed by atoms with Crippen LogP contribution < -0.4 is 5.73 Å². The van der Waals surface area contributed by atoms with E-state index in [1.165, 1.54) is 10.8 Å². The molecule has 0 unspecified atom stereocenters. The first-order valence-electron chi connectivity index (χ1n) is 5.96. The Morgan fingerprint density at radius 1 is 1.00 bits per heavy atom. The number of anilines is 1. The smallest absolute Gasteiger partial charge is 0.0937 e. The molecule has 1 heterocycles. The molecule has 0 aliphatic carbocycles. The summed E-state index contributed by atoms with van der Waals surface area (Å²) in [4.78, 5) is 4.47. The molecule has 0 aliphatic heterocycles. The first-order chi connectivity index (χ1) is 8.75. The standard InChI is InChI=1S/C16H14N2/c1-11-9-15(17)16(18-10-11)14-8-4-6-12-5-2-3-7-13(12)14/h2-10H,17H2,1H3. The molecule has 0 saturated heterocycles. The molecular weight excluding hydrogens is 220 g/mol. The minimum atomic E-state index is 0.728. The van der Waals surface area contributed by atoms with Crippen molar-refractivity contribution < 1.29 is 0 Å². The number of benzene rings is 2. The second-order valence-electron chi connectivity index (χ2n) is 4.48. The van der Waals surface area contributed by atoms with E-state index in [2.05, 4.69) is 29.2 Å². The number of hydrogen-bond acceptors (Lipinski definition) is 2. The SMILES string of the molecule is Cc1cnc(-c2cccc3ccccc23)c(N)c1. The van der Waals surface area contributed by atoms with Crippen molar-refractivity contribution in [3.8, 4) is 11.3 Å². The minimum Gasteiger partial charge on any atom is -0.397 e. The number of aryl methyl sites for hydroxylation is 1. The summed E-state index contributed by atoms with van der Waals surface area (Å²) >= 11 is 0. The Kier molecular flexibility index (Phi) is 2.49. The van der Waals surface area contributed by atoms with Crippen LogP contribution in [0.15, 0.2) is 54.7 Å². The zero-order valence-electron chi connectivity index (χ0n) is 10.2. The highest BCUT2D eigenvalue weighted by Crippen LogP contribution is 2.30. The Morgan fingerprint density at radius 3 is 2.61 bits per heavy atom. The predicted molar refractivity (Wildman–Crippen MR) is 76.3 cm³/mol. The maximum atomic E-state index is 6.08. The van der Waals surface area contributed by atoms with E-state index in [9.17, 15) is 0 Å². The topological polar surface area (TPSA) is 38.9 Å². The number of pyridine rings is 1. The van der Waals surface area contributed by atoms with Crippen molar-refractivity contribution in [2.75, 3.05) is 5.73 Å². The fraction of sp³-hybridized carbons (Fsp3) is 0.0625. The van der Waals surface area contributed by atoms with Crippen LogP contribution >= 0.6 is 0 Å². The van der Waals surface area contributed by atoms with Crippen molar-refractivity contribution >= 4 is 16.5 Å². The van der Waals surface area contributed by atoms with Gasteiger partial charge in [-0.25, -0.2) is 0 Å². The van der Waals surface area contributed by atoms with Gasteiger partial charge in [0.05, 0.1) is 11.4 Å². The summed E-state index contributed by atoms with van der Waals surface area (Å²) in [7, 11) is 0. The van der Waals surface area contributed by atoms with Gasteiger partial charge in [-0.3, -0.25) is 4.98 Å². The molecule has 1 aromatic heterocycles. The fourth-order valence-electron chi connectivity index (χ4n) is 2.25. The number of fused-ring (bicyclic) bond motifs is 1.